The molecule has 0 aromatic heterocycles. The van der Waals surface area contributed by atoms with Gasteiger partial charge in [-0.15, -0.1) is 0 Å². The van der Waals surface area contributed by atoms with Gasteiger partial charge in [0, 0.05) is 0 Å². The van der Waals surface area contributed by atoms with Crippen LogP contribution in [0.15, 0.2) is 52.9 Å². The second kappa shape index (κ2) is 6.99. The summed E-state index contributed by atoms with van der Waals surface area (Å²) in [4.78, 5) is 0. The van der Waals surface area contributed by atoms with E-state index in [-0.39, 0.29) is 0 Å². The van der Waals surface area contributed by atoms with Crippen molar-refractivity contribution in [3.63, 3.8) is 0 Å². The molecular formula is C18H18F3NOS. The van der Waals surface area contributed by atoms with E-state index >= 15 is 0 Å². The fourth-order valence-electron chi connectivity index (χ4n) is 1.88. The van der Waals surface area contributed by atoms with E-state index in [0.717, 1.165) is 23.3 Å². The van der Waals surface area contributed by atoms with Gasteiger partial charge in [0.2, 0.25) is 0 Å². The predicted octanol–water partition coefficient (Wildman–Crippen LogP) is 5.25. The monoisotopic (exact) mass is 353 g/mol. The molecule has 0 fully saturated rings. The molecule has 0 spiro atoms. The Balaban J connectivity index is 2.13. The molecule has 0 aliphatic carbocycles. The molecule has 0 radical (unpaired) electrons. The minimum absolute atomic E-state index is 0.420. The van der Waals surface area contributed by atoms with Gasteiger partial charge in [-0.1, -0.05) is 40.8 Å². The van der Waals surface area contributed by atoms with Crippen molar-refractivity contribution in [2.45, 2.75) is 31.7 Å². The van der Waals surface area contributed by atoms with E-state index in [1.165, 1.54) is 18.3 Å². The number of halogens is 3. The molecule has 2 aromatic rings. The zero-order valence-electron chi connectivity index (χ0n) is 13.6. The smallest absolute Gasteiger partial charge is 0.416 e. The number of benzene rings is 2. The first kappa shape index (κ1) is 18.5. The maximum absolute atomic E-state index is 12.6. The molecule has 24 heavy (non-hydrogen) atoms. The summed E-state index contributed by atoms with van der Waals surface area (Å²) in [5.74, 6) is 0. The topological polar surface area (TPSA) is 35.4 Å². The molecule has 0 aliphatic rings. The second-order valence-electron chi connectivity index (χ2n) is 6.29. The molecule has 0 heterocycles. The summed E-state index contributed by atoms with van der Waals surface area (Å²) < 4.78 is 53.2. The molecule has 2 rings (SSSR count). The Labute approximate surface area is 142 Å². The van der Waals surface area contributed by atoms with Gasteiger partial charge < -0.3 is 4.55 Å². The van der Waals surface area contributed by atoms with Crippen molar-refractivity contribution in [1.82, 2.24) is 0 Å². The van der Waals surface area contributed by atoms with Gasteiger partial charge in [0.05, 0.1) is 11.8 Å². The number of hydrogen-bond acceptors (Lipinski definition) is 2. The maximum Gasteiger partial charge on any atom is 0.416 e. The number of nitrogens with zero attached hydrogens (tertiary/aromatic N) is 1. The highest BCUT2D eigenvalue weighted by molar-refractivity contribution is 7.91. The summed E-state index contributed by atoms with van der Waals surface area (Å²) in [5.41, 5.74) is 1.62. The third kappa shape index (κ3) is 4.85. The molecule has 1 atom stereocenters. The van der Waals surface area contributed by atoms with Crippen LogP contribution in [0, 0.1) is 0 Å². The third-order valence-corrected chi connectivity index (χ3v) is 4.62. The van der Waals surface area contributed by atoms with Gasteiger partial charge in [0.1, 0.15) is 16.1 Å². The van der Waals surface area contributed by atoms with Crippen molar-refractivity contribution in [3.05, 3.63) is 59.7 Å². The van der Waals surface area contributed by atoms with Crippen LogP contribution in [0.2, 0.25) is 0 Å². The standard InChI is InChI=1S/C18H18F3NOS/c1-17(2,3)24(23)22-12-13-4-6-14(7-5-13)15-8-10-16(11-9-15)18(19,20)21/h4-12H,1-3H3/b22-12+. The van der Waals surface area contributed by atoms with Crippen molar-refractivity contribution in [3.8, 4) is 11.1 Å². The molecule has 1 unspecified atom stereocenters. The maximum atomic E-state index is 12.6. The third-order valence-electron chi connectivity index (χ3n) is 3.28. The molecule has 0 saturated heterocycles. The van der Waals surface area contributed by atoms with Gasteiger partial charge in [-0.2, -0.15) is 13.2 Å². The van der Waals surface area contributed by atoms with E-state index in [4.69, 9.17) is 0 Å². The van der Waals surface area contributed by atoms with Crippen LogP contribution in [0.3, 0.4) is 0 Å². The first-order valence-corrected chi connectivity index (χ1v) is 8.42. The van der Waals surface area contributed by atoms with Crippen molar-refractivity contribution in [2.24, 2.45) is 4.40 Å². The Hall–Kier alpha value is -1.79. The van der Waals surface area contributed by atoms with Crippen molar-refractivity contribution in [2.75, 3.05) is 0 Å². The minimum atomic E-state index is -4.33. The minimum Gasteiger partial charge on any atom is -0.591 e. The lowest BCUT2D eigenvalue weighted by Crippen LogP contribution is -2.25. The highest BCUT2D eigenvalue weighted by atomic mass is 32.2. The predicted molar refractivity (Wildman–Crippen MR) is 92.4 cm³/mol. The van der Waals surface area contributed by atoms with Gasteiger partial charge in [0.15, 0.2) is 0 Å². The van der Waals surface area contributed by atoms with Crippen LogP contribution >= 0.6 is 0 Å². The van der Waals surface area contributed by atoms with E-state index in [1.807, 2.05) is 20.8 Å². The molecule has 2 aromatic carbocycles. The molecule has 0 aliphatic heterocycles. The van der Waals surface area contributed by atoms with Gasteiger partial charge in [-0.05, 0) is 49.6 Å². The second-order valence-corrected chi connectivity index (χ2v) is 8.23. The Morgan fingerprint density at radius 1 is 0.875 bits per heavy atom. The summed E-state index contributed by atoms with van der Waals surface area (Å²) in [5, 5.41) is 0. The lowest BCUT2D eigenvalue weighted by Gasteiger charge is -2.17. The number of alkyl halides is 3. The lowest BCUT2D eigenvalue weighted by molar-refractivity contribution is -0.137. The highest BCUT2D eigenvalue weighted by Gasteiger charge is 2.30. The zero-order chi connectivity index (χ0) is 18.0. The Bertz CT molecular complexity index is 701. The fraction of sp³-hybridized carbons (Fsp3) is 0.278. The van der Waals surface area contributed by atoms with Crippen LogP contribution in [0.25, 0.3) is 11.1 Å². The van der Waals surface area contributed by atoms with E-state index in [2.05, 4.69) is 4.40 Å². The Morgan fingerprint density at radius 3 is 1.75 bits per heavy atom. The summed E-state index contributed by atoms with van der Waals surface area (Å²) in [7, 11) is 0. The van der Waals surface area contributed by atoms with Crippen LogP contribution in [0.1, 0.15) is 31.9 Å². The first-order chi connectivity index (χ1) is 11.1. The summed E-state index contributed by atoms with van der Waals surface area (Å²) in [6, 6.07) is 12.2. The molecular weight excluding hydrogens is 335 g/mol. The lowest BCUT2D eigenvalue weighted by atomic mass is 10.0. The zero-order valence-corrected chi connectivity index (χ0v) is 14.4. The molecule has 0 N–H and O–H groups in total. The van der Waals surface area contributed by atoms with E-state index in [1.54, 1.807) is 24.3 Å². The molecule has 0 saturated carbocycles. The van der Waals surface area contributed by atoms with Crippen LogP contribution in [-0.2, 0) is 17.5 Å². The van der Waals surface area contributed by atoms with E-state index in [0.29, 0.717) is 5.56 Å². The van der Waals surface area contributed by atoms with Crippen LogP contribution in [0.4, 0.5) is 13.2 Å². The van der Waals surface area contributed by atoms with E-state index < -0.39 is 27.8 Å². The van der Waals surface area contributed by atoms with Crippen LogP contribution < -0.4 is 0 Å². The molecule has 0 bridgehead atoms. The quantitative estimate of drug-likeness (QED) is 0.548. The van der Waals surface area contributed by atoms with E-state index in [9.17, 15) is 17.7 Å². The summed E-state index contributed by atoms with van der Waals surface area (Å²) in [6.07, 6.45) is -2.79. The number of rotatable bonds is 3. The van der Waals surface area contributed by atoms with Gasteiger partial charge >= 0.3 is 6.18 Å². The molecule has 2 nitrogen and oxygen atoms in total. The SMILES string of the molecule is CC(C)(C)[S+]([O-])/N=C/c1ccc(-c2ccc(C(F)(F)F)cc2)cc1. The average Bonchev–Trinajstić information content (AvgIpc) is 2.51. The normalized spacial score (nSPS) is 14.1. The fourth-order valence-corrected chi connectivity index (χ4v) is 2.41. The molecule has 6 heteroatoms. The van der Waals surface area contributed by atoms with Crippen molar-refractivity contribution in [1.29, 1.82) is 0 Å². The molecule has 0 amide bonds. The van der Waals surface area contributed by atoms with Gasteiger partial charge in [-0.3, -0.25) is 0 Å². The first-order valence-electron chi connectivity index (χ1n) is 7.31. The van der Waals surface area contributed by atoms with Crippen molar-refractivity contribution >= 4 is 17.6 Å². The van der Waals surface area contributed by atoms with Crippen LogP contribution in [0.5, 0.6) is 0 Å². The van der Waals surface area contributed by atoms with Gasteiger partial charge in [0.25, 0.3) is 0 Å². The van der Waals surface area contributed by atoms with Crippen LogP contribution in [-0.4, -0.2) is 15.5 Å². The summed E-state index contributed by atoms with van der Waals surface area (Å²) >= 11 is -1.33. The summed E-state index contributed by atoms with van der Waals surface area (Å²) in [6.45, 7) is 5.52. The number of hydrogen-bond donors (Lipinski definition) is 0. The Morgan fingerprint density at radius 2 is 1.33 bits per heavy atom. The van der Waals surface area contributed by atoms with Crippen molar-refractivity contribution < 1.29 is 17.7 Å². The molecule has 128 valence electrons. The Kier molecular flexibility index (Phi) is 5.40. The highest BCUT2D eigenvalue weighted by Crippen LogP contribution is 2.31. The largest absolute Gasteiger partial charge is 0.591 e. The average molecular weight is 353 g/mol. The van der Waals surface area contributed by atoms with Gasteiger partial charge in [-0.25, -0.2) is 0 Å².